The number of hydrogen-bond acceptors (Lipinski definition) is 1. The van der Waals surface area contributed by atoms with Crippen molar-refractivity contribution in [3.63, 3.8) is 0 Å². The molecule has 2 aromatic rings. The van der Waals surface area contributed by atoms with Crippen LogP contribution in [0.1, 0.15) is 24.1 Å². The fourth-order valence-electron chi connectivity index (χ4n) is 1.85. The van der Waals surface area contributed by atoms with Crippen LogP contribution in [0.2, 0.25) is 0 Å². The number of benzene rings is 2. The highest BCUT2D eigenvalue weighted by atomic mass is 19.1. The molecule has 1 N–H and O–H groups in total. The van der Waals surface area contributed by atoms with E-state index >= 15 is 0 Å². The van der Waals surface area contributed by atoms with Crippen molar-refractivity contribution < 1.29 is 8.78 Å². The molecule has 0 amide bonds. The van der Waals surface area contributed by atoms with E-state index < -0.39 is 0 Å². The molecule has 0 unspecified atom stereocenters. The van der Waals surface area contributed by atoms with Gasteiger partial charge >= 0.3 is 0 Å². The molecule has 0 aliphatic rings. The lowest BCUT2D eigenvalue weighted by molar-refractivity contribution is 0.526. The first-order valence-corrected chi connectivity index (χ1v) is 5.89. The number of hydrogen-bond donors (Lipinski definition) is 1. The predicted octanol–water partition coefficient (Wildman–Crippen LogP) is 3.82. The van der Waals surface area contributed by atoms with Crippen molar-refractivity contribution >= 4 is 0 Å². The zero-order chi connectivity index (χ0) is 13.0. The van der Waals surface area contributed by atoms with Gasteiger partial charge in [0.1, 0.15) is 11.6 Å². The monoisotopic (exact) mass is 247 g/mol. The quantitative estimate of drug-likeness (QED) is 0.866. The van der Waals surface area contributed by atoms with E-state index in [-0.39, 0.29) is 17.7 Å². The lowest BCUT2D eigenvalue weighted by Crippen LogP contribution is -2.19. The van der Waals surface area contributed by atoms with Gasteiger partial charge in [-0.3, -0.25) is 0 Å². The van der Waals surface area contributed by atoms with Gasteiger partial charge in [-0.05, 0) is 30.7 Å². The Labute approximate surface area is 105 Å². The topological polar surface area (TPSA) is 12.0 Å². The zero-order valence-electron chi connectivity index (χ0n) is 10.2. The fraction of sp³-hybridized carbons (Fsp3) is 0.200. The van der Waals surface area contributed by atoms with Crippen LogP contribution in [-0.2, 0) is 6.54 Å². The number of nitrogens with one attached hydrogen (secondary N) is 1. The van der Waals surface area contributed by atoms with Crippen molar-refractivity contribution in [3.8, 4) is 0 Å². The van der Waals surface area contributed by atoms with Gasteiger partial charge in [-0.1, -0.05) is 30.3 Å². The molecule has 3 heteroatoms. The summed E-state index contributed by atoms with van der Waals surface area (Å²) < 4.78 is 26.5. The molecule has 0 saturated carbocycles. The summed E-state index contributed by atoms with van der Waals surface area (Å²) in [6.45, 7) is 2.39. The minimum atomic E-state index is -0.257. The van der Waals surface area contributed by atoms with Gasteiger partial charge < -0.3 is 5.32 Å². The van der Waals surface area contributed by atoms with E-state index in [1.165, 1.54) is 18.2 Å². The summed E-state index contributed by atoms with van der Waals surface area (Å²) in [6.07, 6.45) is 0. The van der Waals surface area contributed by atoms with Gasteiger partial charge in [0.2, 0.25) is 0 Å². The molecular formula is C15H15F2N. The maximum atomic E-state index is 13.5. The molecule has 0 aromatic heterocycles. The Morgan fingerprint density at radius 3 is 2.56 bits per heavy atom. The first kappa shape index (κ1) is 12.7. The van der Waals surface area contributed by atoms with E-state index in [2.05, 4.69) is 5.32 Å². The van der Waals surface area contributed by atoms with E-state index in [0.29, 0.717) is 12.1 Å². The molecule has 0 spiro atoms. The molecule has 0 aliphatic heterocycles. The average Bonchev–Trinajstić information content (AvgIpc) is 2.37. The third-order valence-corrected chi connectivity index (χ3v) is 2.87. The normalized spacial score (nSPS) is 12.4. The van der Waals surface area contributed by atoms with E-state index in [1.54, 1.807) is 24.3 Å². The van der Waals surface area contributed by atoms with Gasteiger partial charge in [-0.25, -0.2) is 8.78 Å². The van der Waals surface area contributed by atoms with Crippen LogP contribution in [0.4, 0.5) is 8.78 Å². The summed E-state index contributed by atoms with van der Waals surface area (Å²) in [7, 11) is 0. The van der Waals surface area contributed by atoms with Gasteiger partial charge in [0, 0.05) is 18.2 Å². The maximum Gasteiger partial charge on any atom is 0.127 e. The smallest absolute Gasteiger partial charge is 0.127 e. The lowest BCUT2D eigenvalue weighted by Gasteiger charge is -2.15. The van der Waals surface area contributed by atoms with Crippen molar-refractivity contribution in [1.29, 1.82) is 0 Å². The summed E-state index contributed by atoms with van der Waals surface area (Å²) in [5, 5.41) is 3.18. The summed E-state index contributed by atoms with van der Waals surface area (Å²) >= 11 is 0. The Morgan fingerprint density at radius 2 is 1.83 bits per heavy atom. The highest BCUT2D eigenvalue weighted by molar-refractivity contribution is 5.21. The Bertz CT molecular complexity index is 525. The van der Waals surface area contributed by atoms with Crippen molar-refractivity contribution in [2.45, 2.75) is 19.5 Å². The summed E-state index contributed by atoms with van der Waals surface area (Å²) in [5.41, 5.74) is 1.46. The molecule has 0 radical (unpaired) electrons. The summed E-state index contributed by atoms with van der Waals surface area (Å²) in [5.74, 6) is -0.482. The summed E-state index contributed by atoms with van der Waals surface area (Å²) in [4.78, 5) is 0. The lowest BCUT2D eigenvalue weighted by atomic mass is 10.1. The van der Waals surface area contributed by atoms with E-state index in [1.807, 2.05) is 13.0 Å². The van der Waals surface area contributed by atoms with Crippen LogP contribution in [-0.4, -0.2) is 0 Å². The Hall–Kier alpha value is -1.74. The van der Waals surface area contributed by atoms with Gasteiger partial charge in [-0.2, -0.15) is 0 Å². The van der Waals surface area contributed by atoms with Crippen LogP contribution in [0, 0.1) is 11.6 Å². The van der Waals surface area contributed by atoms with Crippen molar-refractivity contribution in [3.05, 3.63) is 71.3 Å². The highest BCUT2D eigenvalue weighted by Crippen LogP contribution is 2.16. The molecule has 94 valence electrons. The van der Waals surface area contributed by atoms with Crippen molar-refractivity contribution in [1.82, 2.24) is 5.32 Å². The Kier molecular flexibility index (Phi) is 4.05. The van der Waals surface area contributed by atoms with Crippen LogP contribution < -0.4 is 5.32 Å². The molecule has 0 fully saturated rings. The first-order valence-electron chi connectivity index (χ1n) is 5.89. The third-order valence-electron chi connectivity index (χ3n) is 2.87. The number of rotatable bonds is 4. The molecule has 0 saturated heterocycles. The zero-order valence-corrected chi connectivity index (χ0v) is 10.2. The molecule has 1 atom stereocenters. The van der Waals surface area contributed by atoms with E-state index in [0.717, 1.165) is 5.56 Å². The standard InChI is InChI=1S/C15H15F2N/c1-11(14-7-2-3-8-15(14)17)18-10-12-5-4-6-13(16)9-12/h2-9,11,18H,10H2,1H3/t11-/m1/s1. The molecule has 18 heavy (non-hydrogen) atoms. The van der Waals surface area contributed by atoms with Gasteiger partial charge in [-0.15, -0.1) is 0 Å². The van der Waals surface area contributed by atoms with Gasteiger partial charge in [0.05, 0.1) is 0 Å². The molecule has 0 heterocycles. The molecular weight excluding hydrogens is 232 g/mol. The molecule has 1 nitrogen and oxygen atoms in total. The largest absolute Gasteiger partial charge is 0.306 e. The van der Waals surface area contributed by atoms with Crippen LogP contribution in [0.25, 0.3) is 0 Å². The molecule has 0 aliphatic carbocycles. The predicted molar refractivity (Wildman–Crippen MR) is 68.1 cm³/mol. The minimum absolute atomic E-state index is 0.116. The van der Waals surface area contributed by atoms with Gasteiger partial charge in [0.15, 0.2) is 0 Å². The Morgan fingerprint density at radius 1 is 1.06 bits per heavy atom. The van der Waals surface area contributed by atoms with Crippen LogP contribution in [0.15, 0.2) is 48.5 Å². The van der Waals surface area contributed by atoms with Gasteiger partial charge in [0.25, 0.3) is 0 Å². The van der Waals surface area contributed by atoms with Crippen LogP contribution >= 0.6 is 0 Å². The van der Waals surface area contributed by atoms with E-state index in [9.17, 15) is 8.78 Å². The Balaban J connectivity index is 2.00. The second-order valence-electron chi connectivity index (χ2n) is 4.25. The summed E-state index contributed by atoms with van der Waals surface area (Å²) in [6, 6.07) is 12.9. The highest BCUT2D eigenvalue weighted by Gasteiger charge is 2.09. The van der Waals surface area contributed by atoms with Crippen LogP contribution in [0.5, 0.6) is 0 Å². The fourth-order valence-corrected chi connectivity index (χ4v) is 1.85. The van der Waals surface area contributed by atoms with Crippen molar-refractivity contribution in [2.75, 3.05) is 0 Å². The number of halogens is 2. The maximum absolute atomic E-state index is 13.5. The molecule has 2 aromatic carbocycles. The van der Waals surface area contributed by atoms with Crippen LogP contribution in [0.3, 0.4) is 0 Å². The third kappa shape index (κ3) is 3.14. The second-order valence-corrected chi connectivity index (χ2v) is 4.25. The average molecular weight is 247 g/mol. The van der Waals surface area contributed by atoms with E-state index in [4.69, 9.17) is 0 Å². The molecule has 0 bridgehead atoms. The second kappa shape index (κ2) is 5.74. The first-order chi connectivity index (χ1) is 8.66. The SMILES string of the molecule is C[C@@H](NCc1cccc(F)c1)c1ccccc1F. The minimum Gasteiger partial charge on any atom is -0.306 e. The van der Waals surface area contributed by atoms with Crippen molar-refractivity contribution in [2.24, 2.45) is 0 Å². The molecule has 2 rings (SSSR count).